The summed E-state index contributed by atoms with van der Waals surface area (Å²) in [7, 11) is 0. The second-order valence-corrected chi connectivity index (χ2v) is 5.39. The van der Waals surface area contributed by atoms with Crippen LogP contribution in [0.3, 0.4) is 0 Å². The van der Waals surface area contributed by atoms with Crippen LogP contribution in [0.2, 0.25) is 0 Å². The number of hydrogen-bond donors (Lipinski definition) is 3. The highest BCUT2D eigenvalue weighted by Crippen LogP contribution is 2.31. The molecule has 0 spiro atoms. The molecule has 22 heavy (non-hydrogen) atoms. The lowest BCUT2D eigenvalue weighted by Crippen LogP contribution is -2.43. The Hall–Kier alpha value is -1.66. The molecule has 0 heterocycles. The van der Waals surface area contributed by atoms with Crippen LogP contribution in [0.1, 0.15) is 18.4 Å². The van der Waals surface area contributed by atoms with E-state index in [0.717, 1.165) is 12.8 Å². The lowest BCUT2D eigenvalue weighted by molar-refractivity contribution is -0.125. The Balaban J connectivity index is 0.00000242. The molecular weight excluding hydrogens is 309 g/mol. The van der Waals surface area contributed by atoms with E-state index in [1.807, 2.05) is 0 Å². The van der Waals surface area contributed by atoms with E-state index >= 15 is 0 Å². The first kappa shape index (κ1) is 18.4. The lowest BCUT2D eigenvalue weighted by Gasteiger charge is -2.12. The molecule has 1 fully saturated rings. The molecule has 1 atom stereocenters. The molecule has 1 aliphatic rings. The Labute approximate surface area is 135 Å². The summed E-state index contributed by atoms with van der Waals surface area (Å²) in [5.41, 5.74) is 6.43. The van der Waals surface area contributed by atoms with E-state index in [4.69, 9.17) is 5.73 Å². The lowest BCUT2D eigenvalue weighted by atomic mass is 10.1. The highest BCUT2D eigenvalue weighted by atomic mass is 35.5. The van der Waals surface area contributed by atoms with Crippen LogP contribution in [0.25, 0.3) is 0 Å². The molecule has 2 rings (SSSR count). The fraction of sp³-hybridized carbons (Fsp3) is 0.467. The minimum absolute atomic E-state index is 0. The number of amides is 2. The third-order valence-electron chi connectivity index (χ3n) is 3.46. The molecule has 5 nitrogen and oxygen atoms in total. The molecule has 1 aromatic carbocycles. The second-order valence-electron chi connectivity index (χ2n) is 5.39. The van der Waals surface area contributed by atoms with E-state index in [1.54, 1.807) is 12.1 Å². The maximum Gasteiger partial charge on any atom is 0.239 e. The summed E-state index contributed by atoms with van der Waals surface area (Å²) in [5, 5.41) is 5.20. The van der Waals surface area contributed by atoms with Gasteiger partial charge in [-0.25, -0.2) is 4.39 Å². The molecule has 1 aliphatic carbocycles. The first-order valence-corrected chi connectivity index (χ1v) is 7.08. The van der Waals surface area contributed by atoms with Crippen LogP contribution in [0.5, 0.6) is 0 Å². The molecule has 4 N–H and O–H groups in total. The average molecular weight is 330 g/mol. The molecule has 0 saturated heterocycles. The summed E-state index contributed by atoms with van der Waals surface area (Å²) >= 11 is 0. The van der Waals surface area contributed by atoms with Gasteiger partial charge in [-0.05, 0) is 36.5 Å². The Morgan fingerprint density at radius 3 is 2.64 bits per heavy atom. The van der Waals surface area contributed by atoms with Crippen molar-refractivity contribution >= 4 is 24.2 Å². The van der Waals surface area contributed by atoms with E-state index in [2.05, 4.69) is 10.6 Å². The summed E-state index contributed by atoms with van der Waals surface area (Å²) in [6.07, 6.45) is 2.30. The maximum absolute atomic E-state index is 13.0. The van der Waals surface area contributed by atoms with Gasteiger partial charge in [0.2, 0.25) is 11.8 Å². The van der Waals surface area contributed by atoms with Gasteiger partial charge in [0.05, 0.1) is 13.0 Å². The van der Waals surface area contributed by atoms with Gasteiger partial charge in [-0.15, -0.1) is 12.4 Å². The van der Waals surface area contributed by atoms with Crippen molar-refractivity contribution in [1.29, 1.82) is 0 Å². The highest BCUT2D eigenvalue weighted by molar-refractivity contribution is 5.86. The number of benzene rings is 1. The Morgan fingerprint density at radius 1 is 1.27 bits per heavy atom. The summed E-state index contributed by atoms with van der Waals surface area (Å²) in [6.45, 7) is 0.342. The molecule has 122 valence electrons. The van der Waals surface area contributed by atoms with Crippen molar-refractivity contribution in [3.05, 3.63) is 35.6 Å². The van der Waals surface area contributed by atoms with Crippen LogP contribution in [0.4, 0.5) is 4.39 Å². The van der Waals surface area contributed by atoms with Crippen LogP contribution in [0.15, 0.2) is 24.3 Å². The van der Waals surface area contributed by atoms with Crippen LogP contribution in [0, 0.1) is 11.7 Å². The van der Waals surface area contributed by atoms with E-state index in [-0.39, 0.29) is 49.0 Å². The van der Waals surface area contributed by atoms with Gasteiger partial charge >= 0.3 is 0 Å². The number of nitrogens with two attached hydrogens (primary N) is 1. The fourth-order valence-corrected chi connectivity index (χ4v) is 2.06. The third-order valence-corrected chi connectivity index (χ3v) is 3.46. The number of halogens is 2. The molecule has 1 saturated carbocycles. The maximum atomic E-state index is 13.0. The predicted octanol–water partition coefficient (Wildman–Crippen LogP) is 0.760. The predicted molar refractivity (Wildman–Crippen MR) is 84.1 cm³/mol. The van der Waals surface area contributed by atoms with Gasteiger partial charge in [-0.3, -0.25) is 9.59 Å². The van der Waals surface area contributed by atoms with Crippen LogP contribution < -0.4 is 16.4 Å². The summed E-state index contributed by atoms with van der Waals surface area (Å²) in [6, 6.07) is 5.82. The zero-order valence-corrected chi connectivity index (χ0v) is 13.0. The Bertz CT molecular complexity index is 523. The van der Waals surface area contributed by atoms with Crippen molar-refractivity contribution in [2.75, 3.05) is 13.1 Å². The molecular formula is C15H21ClFN3O2. The van der Waals surface area contributed by atoms with Crippen molar-refractivity contribution in [2.24, 2.45) is 11.7 Å². The second kappa shape index (κ2) is 8.70. The van der Waals surface area contributed by atoms with E-state index in [9.17, 15) is 14.0 Å². The van der Waals surface area contributed by atoms with Crippen molar-refractivity contribution in [1.82, 2.24) is 10.6 Å². The number of carbonyl (C=O) groups excluding carboxylic acids is 2. The van der Waals surface area contributed by atoms with Crippen LogP contribution in [-0.2, 0) is 16.0 Å². The number of rotatable bonds is 7. The van der Waals surface area contributed by atoms with E-state index in [1.165, 1.54) is 12.1 Å². The fourth-order valence-electron chi connectivity index (χ4n) is 2.06. The van der Waals surface area contributed by atoms with Crippen molar-refractivity contribution in [2.45, 2.75) is 25.3 Å². The van der Waals surface area contributed by atoms with Gasteiger partial charge in [-0.1, -0.05) is 12.1 Å². The Kier molecular flexibility index (Phi) is 7.27. The zero-order chi connectivity index (χ0) is 15.2. The van der Waals surface area contributed by atoms with E-state index in [0.29, 0.717) is 18.0 Å². The Morgan fingerprint density at radius 2 is 2.00 bits per heavy atom. The van der Waals surface area contributed by atoms with Crippen molar-refractivity contribution in [3.8, 4) is 0 Å². The van der Waals surface area contributed by atoms with Crippen LogP contribution >= 0.6 is 12.4 Å². The number of carbonyl (C=O) groups is 2. The molecule has 2 amide bonds. The molecule has 1 unspecified atom stereocenters. The minimum atomic E-state index is -0.382. The molecule has 1 aromatic rings. The minimum Gasteiger partial charge on any atom is -0.353 e. The van der Waals surface area contributed by atoms with Gasteiger partial charge in [-0.2, -0.15) is 0 Å². The van der Waals surface area contributed by atoms with Gasteiger partial charge < -0.3 is 16.4 Å². The van der Waals surface area contributed by atoms with Gasteiger partial charge in [0.1, 0.15) is 5.82 Å². The average Bonchev–Trinajstić information content (AvgIpc) is 3.27. The molecule has 0 aromatic heterocycles. The van der Waals surface area contributed by atoms with Crippen LogP contribution in [-0.4, -0.2) is 30.9 Å². The smallest absolute Gasteiger partial charge is 0.239 e. The summed E-state index contributed by atoms with van der Waals surface area (Å²) < 4.78 is 13.0. The topological polar surface area (TPSA) is 84.2 Å². The zero-order valence-electron chi connectivity index (χ0n) is 12.2. The largest absolute Gasteiger partial charge is 0.353 e. The van der Waals surface area contributed by atoms with Gasteiger partial charge in [0.25, 0.3) is 0 Å². The third kappa shape index (κ3) is 6.41. The number of nitrogens with one attached hydrogen (secondary N) is 2. The molecule has 0 aliphatic heterocycles. The van der Waals surface area contributed by atoms with Gasteiger partial charge in [0.15, 0.2) is 0 Å². The van der Waals surface area contributed by atoms with E-state index < -0.39 is 0 Å². The molecule has 7 heteroatoms. The standard InChI is InChI=1S/C15H20FN3O2.ClH/c16-12-3-1-2-10(6-12)7-14(20)19-9-15(21)18-8-13(17)11-4-5-11;/h1-3,6,11,13H,4-5,7-9,17H2,(H,18,21)(H,19,20);1H. The van der Waals surface area contributed by atoms with Crippen molar-refractivity contribution in [3.63, 3.8) is 0 Å². The first-order chi connectivity index (χ1) is 10.0. The SMILES string of the molecule is Cl.NC(CNC(=O)CNC(=O)Cc1cccc(F)c1)C1CC1. The summed E-state index contributed by atoms with van der Waals surface area (Å²) in [4.78, 5) is 23.2. The number of hydrogen-bond acceptors (Lipinski definition) is 3. The molecule has 0 bridgehead atoms. The first-order valence-electron chi connectivity index (χ1n) is 7.08. The highest BCUT2D eigenvalue weighted by Gasteiger charge is 2.28. The quantitative estimate of drug-likeness (QED) is 0.690. The van der Waals surface area contributed by atoms with Crippen molar-refractivity contribution < 1.29 is 14.0 Å². The normalized spacial score (nSPS) is 14.6. The monoisotopic (exact) mass is 329 g/mol. The van der Waals surface area contributed by atoms with Gasteiger partial charge in [0, 0.05) is 12.6 Å². The summed E-state index contributed by atoms with van der Waals surface area (Å²) in [5.74, 6) is -0.444. The molecule has 0 radical (unpaired) electrons.